The summed E-state index contributed by atoms with van der Waals surface area (Å²) >= 11 is 5.02. The fourth-order valence-electron chi connectivity index (χ4n) is 0.969. The zero-order valence-corrected chi connectivity index (χ0v) is 8.69. The van der Waals surface area contributed by atoms with Crippen molar-refractivity contribution in [2.75, 3.05) is 6.54 Å². The van der Waals surface area contributed by atoms with Crippen LogP contribution in [0, 0.1) is 0 Å². The van der Waals surface area contributed by atoms with Crippen molar-refractivity contribution in [2.24, 2.45) is 7.05 Å². The highest BCUT2D eigenvalue weighted by molar-refractivity contribution is 7.80. The van der Waals surface area contributed by atoms with Crippen LogP contribution in [-0.4, -0.2) is 21.4 Å². The van der Waals surface area contributed by atoms with Gasteiger partial charge in [-0.1, -0.05) is 0 Å². The fourth-order valence-corrected chi connectivity index (χ4v) is 1.19. The number of aromatic nitrogens is 2. The minimum absolute atomic E-state index is 0.684. The Bertz CT molecular complexity index is 281. The van der Waals surface area contributed by atoms with Crippen LogP contribution < -0.4 is 10.6 Å². The molecule has 0 radical (unpaired) electrons. The molecule has 0 amide bonds. The standard InChI is InChI=1S/C8H14N4S/c1-3-9-8(13)10-6-7-4-5-11-12(7)2/h4-5H,3,6H2,1-2H3,(H2,9,10,13). The summed E-state index contributed by atoms with van der Waals surface area (Å²) in [6.07, 6.45) is 1.77. The molecule has 0 aliphatic heterocycles. The number of rotatable bonds is 3. The van der Waals surface area contributed by atoms with E-state index in [1.807, 2.05) is 24.7 Å². The number of aryl methyl sites for hydroxylation is 1. The molecule has 0 spiro atoms. The van der Waals surface area contributed by atoms with Gasteiger partial charge >= 0.3 is 0 Å². The molecule has 0 unspecified atom stereocenters. The SMILES string of the molecule is CCNC(=S)NCc1ccnn1C. The maximum Gasteiger partial charge on any atom is 0.166 e. The highest BCUT2D eigenvalue weighted by Gasteiger charge is 1.98. The first-order valence-electron chi connectivity index (χ1n) is 4.22. The summed E-state index contributed by atoms with van der Waals surface area (Å²) in [5.74, 6) is 0. The number of nitrogens with one attached hydrogen (secondary N) is 2. The van der Waals surface area contributed by atoms with Crippen molar-refractivity contribution in [3.63, 3.8) is 0 Å². The summed E-state index contributed by atoms with van der Waals surface area (Å²) < 4.78 is 1.82. The Morgan fingerprint density at radius 1 is 1.62 bits per heavy atom. The Kier molecular flexibility index (Phi) is 3.70. The van der Waals surface area contributed by atoms with Gasteiger partial charge in [-0.25, -0.2) is 0 Å². The van der Waals surface area contributed by atoms with Gasteiger partial charge in [-0.05, 0) is 25.2 Å². The largest absolute Gasteiger partial charge is 0.363 e. The predicted molar refractivity (Wildman–Crippen MR) is 56.3 cm³/mol. The molecule has 0 aromatic carbocycles. The first kappa shape index (κ1) is 9.98. The van der Waals surface area contributed by atoms with E-state index in [1.165, 1.54) is 0 Å². The van der Waals surface area contributed by atoms with Crippen LogP contribution >= 0.6 is 12.2 Å². The third kappa shape index (κ3) is 3.02. The molecule has 2 N–H and O–H groups in total. The van der Waals surface area contributed by atoms with Crippen LogP contribution in [0.25, 0.3) is 0 Å². The van der Waals surface area contributed by atoms with Crippen molar-refractivity contribution in [1.82, 2.24) is 20.4 Å². The molecule has 0 fully saturated rings. The first-order chi connectivity index (χ1) is 6.24. The molecule has 4 nitrogen and oxygen atoms in total. The van der Waals surface area contributed by atoms with E-state index in [9.17, 15) is 0 Å². The van der Waals surface area contributed by atoms with E-state index < -0.39 is 0 Å². The van der Waals surface area contributed by atoms with Gasteiger partial charge in [0.25, 0.3) is 0 Å². The van der Waals surface area contributed by atoms with Crippen molar-refractivity contribution in [3.05, 3.63) is 18.0 Å². The average Bonchev–Trinajstić information content (AvgIpc) is 2.48. The van der Waals surface area contributed by atoms with Crippen LogP contribution in [0.2, 0.25) is 0 Å². The van der Waals surface area contributed by atoms with Crippen molar-refractivity contribution >= 4 is 17.3 Å². The maximum atomic E-state index is 5.02. The van der Waals surface area contributed by atoms with Crippen LogP contribution in [-0.2, 0) is 13.6 Å². The lowest BCUT2D eigenvalue weighted by Gasteiger charge is -2.08. The van der Waals surface area contributed by atoms with Crippen LogP contribution in [0.3, 0.4) is 0 Å². The molecule has 5 heteroatoms. The number of hydrogen-bond donors (Lipinski definition) is 2. The molecule has 1 rings (SSSR count). The van der Waals surface area contributed by atoms with E-state index in [1.54, 1.807) is 6.20 Å². The van der Waals surface area contributed by atoms with Crippen LogP contribution in [0.4, 0.5) is 0 Å². The quantitative estimate of drug-likeness (QED) is 0.690. The van der Waals surface area contributed by atoms with Gasteiger partial charge in [-0.2, -0.15) is 5.10 Å². The molecule has 1 heterocycles. The molecule has 0 aliphatic rings. The molecule has 0 atom stereocenters. The molecular formula is C8H14N4S. The molecule has 1 aromatic heterocycles. The van der Waals surface area contributed by atoms with Crippen LogP contribution in [0.5, 0.6) is 0 Å². The summed E-state index contributed by atoms with van der Waals surface area (Å²) in [4.78, 5) is 0. The van der Waals surface area contributed by atoms with Crippen molar-refractivity contribution in [1.29, 1.82) is 0 Å². The predicted octanol–water partition coefficient (Wildman–Crippen LogP) is 0.404. The van der Waals surface area contributed by atoms with Gasteiger partial charge in [0.15, 0.2) is 5.11 Å². The number of hydrogen-bond acceptors (Lipinski definition) is 2. The highest BCUT2D eigenvalue weighted by Crippen LogP contribution is 1.94. The van der Waals surface area contributed by atoms with E-state index in [2.05, 4.69) is 15.7 Å². The monoisotopic (exact) mass is 198 g/mol. The number of nitrogens with zero attached hydrogens (tertiary/aromatic N) is 2. The Hall–Kier alpha value is -1.10. The van der Waals surface area contributed by atoms with Crippen LogP contribution in [0.1, 0.15) is 12.6 Å². The normalized spacial score (nSPS) is 9.69. The van der Waals surface area contributed by atoms with Gasteiger partial charge < -0.3 is 10.6 Å². The molecule has 0 aliphatic carbocycles. The number of thiocarbonyl (C=S) groups is 1. The van der Waals surface area contributed by atoms with Gasteiger partial charge in [0.2, 0.25) is 0 Å². The zero-order chi connectivity index (χ0) is 9.68. The summed E-state index contributed by atoms with van der Waals surface area (Å²) in [7, 11) is 1.91. The van der Waals surface area contributed by atoms with Crippen LogP contribution in [0.15, 0.2) is 12.3 Å². The second-order valence-corrected chi connectivity index (χ2v) is 3.07. The molecule has 1 aromatic rings. The highest BCUT2D eigenvalue weighted by atomic mass is 32.1. The van der Waals surface area contributed by atoms with Crippen molar-refractivity contribution < 1.29 is 0 Å². The van der Waals surface area contributed by atoms with E-state index >= 15 is 0 Å². The van der Waals surface area contributed by atoms with Crippen molar-refractivity contribution in [3.8, 4) is 0 Å². The third-order valence-electron chi connectivity index (χ3n) is 1.69. The lowest BCUT2D eigenvalue weighted by Crippen LogP contribution is -2.34. The summed E-state index contributed by atoms with van der Waals surface area (Å²) in [5, 5.41) is 10.8. The second kappa shape index (κ2) is 4.81. The molecule has 0 saturated carbocycles. The molecule has 0 bridgehead atoms. The van der Waals surface area contributed by atoms with E-state index in [0.29, 0.717) is 11.7 Å². The zero-order valence-electron chi connectivity index (χ0n) is 7.87. The maximum absolute atomic E-state index is 5.02. The van der Waals surface area contributed by atoms with Gasteiger partial charge in [-0.3, -0.25) is 4.68 Å². The van der Waals surface area contributed by atoms with Crippen molar-refractivity contribution in [2.45, 2.75) is 13.5 Å². The minimum Gasteiger partial charge on any atom is -0.363 e. The van der Waals surface area contributed by atoms with E-state index in [-0.39, 0.29) is 0 Å². The molecule has 13 heavy (non-hydrogen) atoms. The minimum atomic E-state index is 0.684. The Morgan fingerprint density at radius 3 is 2.92 bits per heavy atom. The van der Waals surface area contributed by atoms with E-state index in [0.717, 1.165) is 12.2 Å². The summed E-state index contributed by atoms with van der Waals surface area (Å²) in [6.45, 7) is 3.57. The fraction of sp³-hybridized carbons (Fsp3) is 0.500. The average molecular weight is 198 g/mol. The van der Waals surface area contributed by atoms with E-state index in [4.69, 9.17) is 12.2 Å². The smallest absolute Gasteiger partial charge is 0.166 e. The summed E-state index contributed by atoms with van der Waals surface area (Å²) in [6, 6.07) is 1.96. The Morgan fingerprint density at radius 2 is 2.38 bits per heavy atom. The second-order valence-electron chi connectivity index (χ2n) is 2.66. The van der Waals surface area contributed by atoms with Gasteiger partial charge in [0, 0.05) is 19.8 Å². The van der Waals surface area contributed by atoms with Gasteiger partial charge in [0.1, 0.15) is 0 Å². The van der Waals surface area contributed by atoms with Gasteiger partial charge in [0.05, 0.1) is 12.2 Å². The Balaban J connectivity index is 2.35. The molecule has 72 valence electrons. The lowest BCUT2D eigenvalue weighted by molar-refractivity contribution is 0.690. The summed E-state index contributed by atoms with van der Waals surface area (Å²) in [5.41, 5.74) is 1.11. The topological polar surface area (TPSA) is 41.9 Å². The van der Waals surface area contributed by atoms with Gasteiger partial charge in [-0.15, -0.1) is 0 Å². The molecular weight excluding hydrogens is 184 g/mol. The third-order valence-corrected chi connectivity index (χ3v) is 1.98. The molecule has 0 saturated heterocycles. The first-order valence-corrected chi connectivity index (χ1v) is 4.63. The lowest BCUT2D eigenvalue weighted by atomic mass is 10.4. The Labute approximate surface area is 83.3 Å².